The molecule has 3 rings (SSSR count). The number of carbonyl (C=O) groups excluding carboxylic acids is 1. The summed E-state index contributed by atoms with van der Waals surface area (Å²) in [5, 5.41) is 0. The number of likely N-dealkylation sites (tertiary alicyclic amines) is 1. The molecule has 0 N–H and O–H groups in total. The number of nitrogens with zero attached hydrogens (tertiary/aromatic N) is 1. The molecule has 2 aliphatic rings. The van der Waals surface area contributed by atoms with Gasteiger partial charge in [-0.1, -0.05) is 0 Å². The van der Waals surface area contributed by atoms with Crippen LogP contribution in [0.4, 0.5) is 0 Å². The maximum atomic E-state index is 12.8. The highest BCUT2D eigenvalue weighted by Gasteiger charge is 2.41. The quantitative estimate of drug-likeness (QED) is 0.841. The summed E-state index contributed by atoms with van der Waals surface area (Å²) in [5.41, 5.74) is 2.86. The van der Waals surface area contributed by atoms with E-state index in [4.69, 9.17) is 14.2 Å². The average Bonchev–Trinajstić information content (AvgIpc) is 2.98. The number of methoxy groups -OCH3 is 1. The fraction of sp³-hybridized carbons (Fsp3) is 0.588. The highest BCUT2D eigenvalue weighted by atomic mass is 16.7. The number of piperidine rings is 1. The number of hydrogen-bond donors (Lipinski definition) is 0. The molecule has 0 bridgehead atoms. The van der Waals surface area contributed by atoms with Gasteiger partial charge in [-0.15, -0.1) is 0 Å². The average molecular weight is 305 g/mol. The summed E-state index contributed by atoms with van der Waals surface area (Å²) in [6, 6.07) is 3.85. The van der Waals surface area contributed by atoms with Gasteiger partial charge in [-0.3, -0.25) is 4.79 Å². The Morgan fingerprint density at radius 2 is 1.73 bits per heavy atom. The van der Waals surface area contributed by atoms with Gasteiger partial charge >= 0.3 is 0 Å². The summed E-state index contributed by atoms with van der Waals surface area (Å²) in [4.78, 5) is 14.7. The summed E-state index contributed by atoms with van der Waals surface area (Å²) in [7, 11) is 1.60. The third-order valence-electron chi connectivity index (χ3n) is 4.67. The molecule has 0 aliphatic carbocycles. The van der Waals surface area contributed by atoms with Crippen molar-refractivity contribution in [2.24, 2.45) is 0 Å². The molecule has 22 heavy (non-hydrogen) atoms. The maximum Gasteiger partial charge on any atom is 0.257 e. The van der Waals surface area contributed by atoms with Crippen LogP contribution in [0, 0.1) is 13.8 Å². The highest BCUT2D eigenvalue weighted by molar-refractivity contribution is 5.97. The van der Waals surface area contributed by atoms with E-state index in [1.165, 1.54) is 0 Å². The van der Waals surface area contributed by atoms with E-state index in [2.05, 4.69) is 0 Å². The fourth-order valence-electron chi connectivity index (χ4n) is 3.13. The molecule has 0 unspecified atom stereocenters. The smallest absolute Gasteiger partial charge is 0.257 e. The number of hydrogen-bond acceptors (Lipinski definition) is 4. The van der Waals surface area contributed by atoms with Crippen LogP contribution in [0.3, 0.4) is 0 Å². The zero-order valence-electron chi connectivity index (χ0n) is 13.5. The first kappa shape index (κ1) is 15.3. The first-order valence-electron chi connectivity index (χ1n) is 7.77. The third-order valence-corrected chi connectivity index (χ3v) is 4.67. The van der Waals surface area contributed by atoms with E-state index in [1.807, 2.05) is 30.9 Å². The van der Waals surface area contributed by atoms with Gasteiger partial charge in [0.1, 0.15) is 5.75 Å². The number of carbonyl (C=O) groups is 1. The van der Waals surface area contributed by atoms with Gasteiger partial charge < -0.3 is 19.1 Å². The Morgan fingerprint density at radius 3 is 2.32 bits per heavy atom. The normalized spacial score (nSPS) is 20.4. The second-order valence-corrected chi connectivity index (χ2v) is 6.04. The van der Waals surface area contributed by atoms with Gasteiger partial charge in [0, 0.05) is 25.9 Å². The van der Waals surface area contributed by atoms with Gasteiger partial charge in [0.2, 0.25) is 0 Å². The molecule has 1 spiro atoms. The summed E-state index contributed by atoms with van der Waals surface area (Å²) in [5.74, 6) is 0.207. The van der Waals surface area contributed by atoms with Gasteiger partial charge in [-0.25, -0.2) is 0 Å². The Morgan fingerprint density at radius 1 is 1.14 bits per heavy atom. The molecule has 1 aromatic rings. The molecular formula is C17H23NO4. The van der Waals surface area contributed by atoms with Crippen LogP contribution in [0.5, 0.6) is 5.75 Å². The third kappa shape index (κ3) is 2.71. The minimum atomic E-state index is -0.454. The Bertz CT molecular complexity index is 568. The predicted octanol–water partition coefficient (Wildman–Crippen LogP) is 2.29. The summed E-state index contributed by atoms with van der Waals surface area (Å²) < 4.78 is 16.8. The molecule has 0 saturated carbocycles. The molecule has 0 radical (unpaired) electrons. The lowest BCUT2D eigenvalue weighted by molar-refractivity contribution is -0.181. The molecule has 2 saturated heterocycles. The van der Waals surface area contributed by atoms with Crippen LogP contribution in [-0.4, -0.2) is 50.0 Å². The Labute approximate surface area is 131 Å². The van der Waals surface area contributed by atoms with Crippen LogP contribution in [0.25, 0.3) is 0 Å². The van der Waals surface area contributed by atoms with Crippen LogP contribution < -0.4 is 4.74 Å². The molecule has 0 atom stereocenters. The number of benzene rings is 1. The van der Waals surface area contributed by atoms with Crippen molar-refractivity contribution >= 4 is 5.91 Å². The first-order valence-corrected chi connectivity index (χ1v) is 7.77. The predicted molar refractivity (Wildman–Crippen MR) is 82.2 cm³/mol. The lowest BCUT2D eigenvalue weighted by atomic mass is 10.0. The summed E-state index contributed by atoms with van der Waals surface area (Å²) >= 11 is 0. The molecule has 2 fully saturated rings. The monoisotopic (exact) mass is 305 g/mol. The zero-order chi connectivity index (χ0) is 15.7. The van der Waals surface area contributed by atoms with Crippen LogP contribution in [0.15, 0.2) is 12.1 Å². The van der Waals surface area contributed by atoms with E-state index in [0.717, 1.165) is 24.0 Å². The Balaban J connectivity index is 1.76. The Hall–Kier alpha value is -1.59. The molecule has 5 nitrogen and oxygen atoms in total. The number of rotatable bonds is 2. The van der Waals surface area contributed by atoms with Crippen molar-refractivity contribution in [2.45, 2.75) is 32.5 Å². The van der Waals surface area contributed by atoms with Crippen LogP contribution in [-0.2, 0) is 9.47 Å². The number of ether oxygens (including phenoxy) is 3. The van der Waals surface area contributed by atoms with Crippen molar-refractivity contribution in [3.8, 4) is 5.75 Å². The lowest BCUT2D eigenvalue weighted by Gasteiger charge is -2.37. The van der Waals surface area contributed by atoms with Crippen molar-refractivity contribution < 1.29 is 19.0 Å². The minimum Gasteiger partial charge on any atom is -0.496 e. The molecule has 1 aromatic carbocycles. The Kier molecular flexibility index (Phi) is 4.10. The molecule has 1 amide bonds. The maximum absolute atomic E-state index is 12.8. The van der Waals surface area contributed by atoms with Gasteiger partial charge in [-0.2, -0.15) is 0 Å². The zero-order valence-corrected chi connectivity index (χ0v) is 13.5. The summed E-state index contributed by atoms with van der Waals surface area (Å²) in [6.07, 6.45) is 1.46. The van der Waals surface area contributed by atoms with Crippen LogP contribution >= 0.6 is 0 Å². The number of amides is 1. The van der Waals surface area contributed by atoms with Crippen molar-refractivity contribution in [1.82, 2.24) is 4.90 Å². The van der Waals surface area contributed by atoms with Gasteiger partial charge in [-0.05, 0) is 37.1 Å². The second kappa shape index (κ2) is 5.89. The van der Waals surface area contributed by atoms with Gasteiger partial charge in [0.25, 0.3) is 5.91 Å². The number of aryl methyl sites for hydroxylation is 2. The van der Waals surface area contributed by atoms with E-state index in [0.29, 0.717) is 37.6 Å². The van der Waals surface area contributed by atoms with E-state index < -0.39 is 5.79 Å². The molecule has 5 heteroatoms. The largest absolute Gasteiger partial charge is 0.496 e. The second-order valence-electron chi connectivity index (χ2n) is 6.04. The van der Waals surface area contributed by atoms with E-state index in [9.17, 15) is 4.79 Å². The first-order chi connectivity index (χ1) is 10.5. The lowest BCUT2D eigenvalue weighted by Crippen LogP contribution is -2.47. The molecule has 2 aliphatic heterocycles. The molecule has 2 heterocycles. The van der Waals surface area contributed by atoms with E-state index in [1.54, 1.807) is 7.11 Å². The summed E-state index contributed by atoms with van der Waals surface area (Å²) in [6.45, 7) is 6.63. The fourth-order valence-corrected chi connectivity index (χ4v) is 3.13. The highest BCUT2D eigenvalue weighted by Crippen LogP contribution is 2.33. The van der Waals surface area contributed by atoms with Gasteiger partial charge in [0.05, 0.1) is 25.9 Å². The standard InChI is InChI=1S/C17H23NO4/c1-12-10-14(15(20-3)11-13(12)2)16(19)18-6-4-17(5-7-18)21-8-9-22-17/h10-11H,4-9H2,1-3H3. The van der Waals surface area contributed by atoms with Crippen LogP contribution in [0.2, 0.25) is 0 Å². The van der Waals surface area contributed by atoms with Gasteiger partial charge in [0.15, 0.2) is 5.79 Å². The molecule has 0 aromatic heterocycles. The van der Waals surface area contributed by atoms with Crippen molar-refractivity contribution in [2.75, 3.05) is 33.4 Å². The molecule has 120 valence electrons. The SMILES string of the molecule is COc1cc(C)c(C)cc1C(=O)N1CCC2(CC1)OCCO2. The molecular weight excluding hydrogens is 282 g/mol. The van der Waals surface area contributed by atoms with E-state index >= 15 is 0 Å². The van der Waals surface area contributed by atoms with E-state index in [-0.39, 0.29) is 5.91 Å². The van der Waals surface area contributed by atoms with Crippen LogP contribution in [0.1, 0.15) is 34.3 Å². The minimum absolute atomic E-state index is 0.0211. The van der Waals surface area contributed by atoms with Crippen molar-refractivity contribution in [3.63, 3.8) is 0 Å². The topological polar surface area (TPSA) is 48.0 Å². The van der Waals surface area contributed by atoms with Crippen molar-refractivity contribution in [1.29, 1.82) is 0 Å². The van der Waals surface area contributed by atoms with Crippen molar-refractivity contribution in [3.05, 3.63) is 28.8 Å².